The molecule has 0 aliphatic rings. The largest absolute Gasteiger partial charge is 0.494 e. The van der Waals surface area contributed by atoms with Crippen molar-refractivity contribution >= 4 is 17.9 Å². The summed E-state index contributed by atoms with van der Waals surface area (Å²) in [6.07, 6.45) is 7.26. The number of methoxy groups -OCH3 is 2. The first kappa shape index (κ1) is 24.5. The minimum Gasteiger partial charge on any atom is -0.494 e. The number of pyridine rings is 1. The molecule has 0 fully saturated rings. The van der Waals surface area contributed by atoms with E-state index in [-0.39, 0.29) is 11.2 Å². The van der Waals surface area contributed by atoms with Gasteiger partial charge in [0.2, 0.25) is 5.95 Å². The quantitative estimate of drug-likeness (QED) is 0.324. The first-order valence-corrected chi connectivity index (χ1v) is 12.1. The van der Waals surface area contributed by atoms with Crippen LogP contribution in [0.3, 0.4) is 0 Å². The summed E-state index contributed by atoms with van der Waals surface area (Å²) in [4.78, 5) is 13.3. The van der Waals surface area contributed by atoms with Crippen LogP contribution >= 0.6 is 11.9 Å². The SMILES string of the molecule is COc1cccc(OC)c1-n1c(NS[C@@H](C)[C@@H](C)c2ncc(C)cn2)nnc1-c1cncc(C)c1. The molecule has 0 amide bonds. The highest BCUT2D eigenvalue weighted by Crippen LogP contribution is 2.38. The van der Waals surface area contributed by atoms with Crippen LogP contribution in [0.2, 0.25) is 0 Å². The number of benzene rings is 1. The van der Waals surface area contributed by atoms with E-state index in [1.165, 1.54) is 11.9 Å². The summed E-state index contributed by atoms with van der Waals surface area (Å²) in [5, 5.41) is 9.13. The molecule has 3 heterocycles. The standard InChI is InChI=1S/C25H29N7O2S/c1-15-10-19(14-26-11-15)24-29-30-25(32(24)22-20(33-5)8-7-9-21(22)34-6)31-35-18(4)17(3)23-27-12-16(2)13-28-23/h7-14,17-18H,1-6H3,(H,30,31)/t17-,18+/m1/s1. The van der Waals surface area contributed by atoms with Crippen LogP contribution in [0.25, 0.3) is 17.1 Å². The van der Waals surface area contributed by atoms with Crippen LogP contribution < -0.4 is 14.2 Å². The molecule has 10 heteroatoms. The molecule has 9 nitrogen and oxygen atoms in total. The number of para-hydroxylation sites is 1. The molecule has 0 unspecified atom stereocenters. The van der Waals surface area contributed by atoms with Gasteiger partial charge in [0.15, 0.2) is 5.82 Å². The van der Waals surface area contributed by atoms with Crippen LogP contribution in [0.1, 0.15) is 36.7 Å². The van der Waals surface area contributed by atoms with Crippen molar-refractivity contribution in [3.63, 3.8) is 0 Å². The maximum absolute atomic E-state index is 5.69. The van der Waals surface area contributed by atoms with Crippen molar-refractivity contribution in [3.05, 3.63) is 66.0 Å². The zero-order chi connectivity index (χ0) is 24.9. The van der Waals surface area contributed by atoms with E-state index in [9.17, 15) is 0 Å². The minimum atomic E-state index is 0.116. The molecule has 0 spiro atoms. The summed E-state index contributed by atoms with van der Waals surface area (Å²) in [6, 6.07) is 7.66. The van der Waals surface area contributed by atoms with E-state index < -0.39 is 0 Å². The lowest BCUT2D eigenvalue weighted by Gasteiger charge is -2.20. The number of nitrogens with one attached hydrogen (secondary N) is 1. The van der Waals surface area contributed by atoms with E-state index in [1.54, 1.807) is 26.6 Å². The van der Waals surface area contributed by atoms with Crippen molar-refractivity contribution < 1.29 is 9.47 Å². The number of aryl methyl sites for hydroxylation is 2. The van der Waals surface area contributed by atoms with Crippen molar-refractivity contribution in [3.8, 4) is 28.6 Å². The molecule has 1 aromatic carbocycles. The van der Waals surface area contributed by atoms with Crippen molar-refractivity contribution in [2.75, 3.05) is 18.9 Å². The van der Waals surface area contributed by atoms with Crippen LogP contribution in [0, 0.1) is 13.8 Å². The average Bonchev–Trinajstić information content (AvgIpc) is 3.30. The monoisotopic (exact) mass is 491 g/mol. The van der Waals surface area contributed by atoms with Gasteiger partial charge >= 0.3 is 0 Å². The maximum Gasteiger partial charge on any atom is 0.239 e. The van der Waals surface area contributed by atoms with Gasteiger partial charge in [-0.2, -0.15) is 0 Å². The zero-order valence-corrected chi connectivity index (χ0v) is 21.5. The third kappa shape index (κ3) is 5.22. The summed E-state index contributed by atoms with van der Waals surface area (Å²) in [5.74, 6) is 3.34. The Bertz CT molecular complexity index is 1270. The highest BCUT2D eigenvalue weighted by Gasteiger charge is 2.24. The Labute approximate surface area is 209 Å². The predicted molar refractivity (Wildman–Crippen MR) is 138 cm³/mol. The Kier molecular flexibility index (Phi) is 7.50. The minimum absolute atomic E-state index is 0.116. The second-order valence-electron chi connectivity index (χ2n) is 8.28. The van der Waals surface area contributed by atoms with Crippen molar-refractivity contribution in [1.29, 1.82) is 0 Å². The normalized spacial score (nSPS) is 12.7. The third-order valence-electron chi connectivity index (χ3n) is 5.67. The summed E-state index contributed by atoms with van der Waals surface area (Å²) in [6.45, 7) is 8.21. The number of ether oxygens (including phenoxy) is 2. The number of hydrogen-bond donors (Lipinski definition) is 1. The summed E-state index contributed by atoms with van der Waals surface area (Å²) >= 11 is 1.53. The van der Waals surface area contributed by atoms with Crippen LogP contribution in [0.15, 0.2) is 49.1 Å². The van der Waals surface area contributed by atoms with Crippen LogP contribution in [-0.2, 0) is 0 Å². The molecule has 0 aliphatic carbocycles. The maximum atomic E-state index is 5.69. The van der Waals surface area contributed by atoms with Crippen molar-refractivity contribution in [1.82, 2.24) is 29.7 Å². The molecule has 0 radical (unpaired) electrons. The van der Waals surface area contributed by atoms with Gasteiger partial charge in [0.25, 0.3) is 0 Å². The lowest BCUT2D eigenvalue weighted by molar-refractivity contribution is 0.391. The highest BCUT2D eigenvalue weighted by atomic mass is 32.2. The topological polar surface area (TPSA) is 99.9 Å². The summed E-state index contributed by atoms with van der Waals surface area (Å²) < 4.78 is 16.7. The Balaban J connectivity index is 1.72. The fraction of sp³-hybridized carbons (Fsp3) is 0.320. The predicted octanol–water partition coefficient (Wildman–Crippen LogP) is 5.01. The molecular formula is C25H29N7O2S. The molecule has 4 aromatic rings. The molecule has 2 atom stereocenters. The van der Waals surface area contributed by atoms with E-state index in [4.69, 9.17) is 9.47 Å². The molecule has 1 N–H and O–H groups in total. The second kappa shape index (κ2) is 10.7. The molecule has 0 aliphatic heterocycles. The van der Waals surface area contributed by atoms with Crippen LogP contribution in [0.4, 0.5) is 5.95 Å². The lowest BCUT2D eigenvalue weighted by Crippen LogP contribution is -2.15. The van der Waals surface area contributed by atoms with E-state index in [2.05, 4.69) is 43.7 Å². The Morgan fingerprint density at radius 3 is 2.23 bits per heavy atom. The Hall–Kier alpha value is -3.66. The van der Waals surface area contributed by atoms with Gasteiger partial charge in [0.1, 0.15) is 23.0 Å². The average molecular weight is 492 g/mol. The molecule has 0 bridgehead atoms. The highest BCUT2D eigenvalue weighted by molar-refractivity contribution is 8.01. The van der Waals surface area contributed by atoms with E-state index in [0.717, 1.165) is 22.5 Å². The fourth-order valence-corrected chi connectivity index (χ4v) is 4.32. The van der Waals surface area contributed by atoms with Gasteiger partial charge in [-0.05, 0) is 55.1 Å². The first-order valence-electron chi connectivity index (χ1n) is 11.2. The molecular weight excluding hydrogens is 462 g/mol. The molecule has 0 saturated heterocycles. The van der Waals surface area contributed by atoms with Crippen LogP contribution in [-0.4, -0.2) is 49.2 Å². The van der Waals surface area contributed by atoms with Crippen molar-refractivity contribution in [2.45, 2.75) is 38.9 Å². The van der Waals surface area contributed by atoms with Gasteiger partial charge in [-0.15, -0.1) is 10.2 Å². The summed E-state index contributed by atoms with van der Waals surface area (Å²) in [5.41, 5.74) is 3.59. The molecule has 4 rings (SSSR count). The van der Waals surface area contributed by atoms with E-state index in [0.29, 0.717) is 29.0 Å². The van der Waals surface area contributed by atoms with Gasteiger partial charge < -0.3 is 9.47 Å². The zero-order valence-electron chi connectivity index (χ0n) is 20.7. The number of anilines is 1. The molecule has 182 valence electrons. The Morgan fingerprint density at radius 2 is 1.60 bits per heavy atom. The van der Waals surface area contributed by atoms with Gasteiger partial charge in [-0.1, -0.05) is 19.9 Å². The van der Waals surface area contributed by atoms with E-state index >= 15 is 0 Å². The summed E-state index contributed by atoms with van der Waals surface area (Å²) in [7, 11) is 3.26. The number of hydrogen-bond acceptors (Lipinski definition) is 9. The molecule has 0 saturated carbocycles. The first-order chi connectivity index (χ1) is 16.9. The van der Waals surface area contributed by atoms with Crippen LogP contribution in [0.5, 0.6) is 11.5 Å². The Morgan fingerprint density at radius 1 is 0.914 bits per heavy atom. The molecule has 3 aromatic heterocycles. The van der Waals surface area contributed by atoms with Crippen molar-refractivity contribution in [2.24, 2.45) is 0 Å². The number of aromatic nitrogens is 6. The number of rotatable bonds is 9. The van der Waals surface area contributed by atoms with E-state index in [1.807, 2.05) is 55.1 Å². The van der Waals surface area contributed by atoms with Gasteiger partial charge in [-0.25, -0.2) is 9.97 Å². The lowest BCUT2D eigenvalue weighted by atomic mass is 10.1. The fourth-order valence-electron chi connectivity index (χ4n) is 3.57. The number of nitrogens with zero attached hydrogens (tertiary/aromatic N) is 6. The van der Waals surface area contributed by atoms with Gasteiger partial charge in [-0.3, -0.25) is 14.3 Å². The van der Waals surface area contributed by atoms with Gasteiger partial charge in [0, 0.05) is 41.5 Å². The molecule has 35 heavy (non-hydrogen) atoms. The second-order valence-corrected chi connectivity index (χ2v) is 9.46. The third-order valence-corrected chi connectivity index (χ3v) is 6.75. The van der Waals surface area contributed by atoms with Gasteiger partial charge in [0.05, 0.1) is 14.2 Å². The smallest absolute Gasteiger partial charge is 0.239 e.